The molecule has 0 heterocycles. The lowest BCUT2D eigenvalue weighted by Crippen LogP contribution is -2.43. The zero-order valence-electron chi connectivity index (χ0n) is 10.3. The van der Waals surface area contributed by atoms with Crippen LogP contribution in [0.15, 0.2) is 30.3 Å². The fourth-order valence-corrected chi connectivity index (χ4v) is 2.66. The Morgan fingerprint density at radius 3 is 2.59 bits per heavy atom. The molecule has 0 spiro atoms. The van der Waals surface area contributed by atoms with Crippen LogP contribution in [0.5, 0.6) is 0 Å². The molecule has 0 saturated heterocycles. The van der Waals surface area contributed by atoms with Gasteiger partial charge in [-0.1, -0.05) is 38.0 Å². The van der Waals surface area contributed by atoms with Crippen LogP contribution in [0.2, 0.25) is 0 Å². The Morgan fingerprint density at radius 2 is 1.88 bits per heavy atom. The third-order valence-electron chi connectivity index (χ3n) is 3.46. The van der Waals surface area contributed by atoms with E-state index in [-0.39, 0.29) is 0 Å². The second-order valence-corrected chi connectivity index (χ2v) is 5.24. The lowest BCUT2D eigenvalue weighted by molar-refractivity contribution is 0.309. The molecular weight excluding hydrogens is 228 g/mol. The third kappa shape index (κ3) is 3.70. The van der Waals surface area contributed by atoms with E-state index in [4.69, 9.17) is 12.2 Å². The van der Waals surface area contributed by atoms with Crippen LogP contribution in [0.25, 0.3) is 0 Å². The molecule has 1 aromatic carbocycles. The molecule has 0 radical (unpaired) electrons. The fourth-order valence-electron chi connectivity index (χ4n) is 2.39. The molecule has 0 aliphatic heterocycles. The predicted molar refractivity (Wildman–Crippen MR) is 77.2 cm³/mol. The Morgan fingerprint density at radius 1 is 1.18 bits per heavy atom. The van der Waals surface area contributed by atoms with Crippen LogP contribution in [0.1, 0.15) is 32.6 Å². The average Bonchev–Trinajstić information content (AvgIpc) is 2.33. The molecule has 0 unspecified atom stereocenters. The minimum atomic E-state index is 0.535. The van der Waals surface area contributed by atoms with Crippen LogP contribution in [0.3, 0.4) is 0 Å². The minimum Gasteiger partial charge on any atom is -0.359 e. The van der Waals surface area contributed by atoms with E-state index in [1.165, 1.54) is 25.7 Å². The molecule has 2 nitrogen and oxygen atoms in total. The molecule has 0 amide bonds. The molecule has 3 heteroatoms. The largest absolute Gasteiger partial charge is 0.359 e. The average molecular weight is 248 g/mol. The second kappa shape index (κ2) is 6.01. The van der Waals surface area contributed by atoms with Gasteiger partial charge in [-0.25, -0.2) is 0 Å². The number of hydrogen-bond donors (Lipinski definition) is 2. The van der Waals surface area contributed by atoms with Gasteiger partial charge in [-0.3, -0.25) is 0 Å². The third-order valence-corrected chi connectivity index (χ3v) is 3.68. The van der Waals surface area contributed by atoms with Gasteiger partial charge in [0.15, 0.2) is 5.11 Å². The van der Waals surface area contributed by atoms with Gasteiger partial charge in [0, 0.05) is 11.7 Å². The Bertz CT molecular complexity index is 364. The summed E-state index contributed by atoms with van der Waals surface area (Å²) in [4.78, 5) is 0. The second-order valence-electron chi connectivity index (χ2n) is 4.83. The lowest BCUT2D eigenvalue weighted by Gasteiger charge is -2.30. The van der Waals surface area contributed by atoms with Crippen molar-refractivity contribution < 1.29 is 0 Å². The van der Waals surface area contributed by atoms with Gasteiger partial charge in [-0.05, 0) is 43.1 Å². The highest BCUT2D eigenvalue weighted by Gasteiger charge is 2.21. The van der Waals surface area contributed by atoms with E-state index in [0.29, 0.717) is 6.04 Å². The number of para-hydroxylation sites is 1. The molecule has 2 rings (SSSR count). The molecule has 0 bridgehead atoms. The van der Waals surface area contributed by atoms with E-state index in [9.17, 15) is 0 Å². The van der Waals surface area contributed by atoms with Gasteiger partial charge in [0.2, 0.25) is 0 Å². The van der Waals surface area contributed by atoms with Crippen molar-refractivity contribution in [1.29, 1.82) is 0 Å². The Hall–Kier alpha value is -1.09. The predicted octanol–water partition coefficient (Wildman–Crippen LogP) is 3.55. The van der Waals surface area contributed by atoms with E-state index in [1.807, 2.05) is 30.3 Å². The van der Waals surface area contributed by atoms with Crippen LogP contribution in [-0.4, -0.2) is 11.2 Å². The van der Waals surface area contributed by atoms with Crippen molar-refractivity contribution in [2.45, 2.75) is 38.6 Å². The summed E-state index contributed by atoms with van der Waals surface area (Å²) in [5.74, 6) is 0.722. The number of rotatable bonds is 2. The van der Waals surface area contributed by atoms with Gasteiger partial charge >= 0.3 is 0 Å². The standard InChI is InChI=1S/C14H20N2S/c1-11-7-5-6-10-13(11)16-14(17)15-12-8-3-2-4-9-12/h2-4,8-9,11,13H,5-7,10H2,1H3,(H2,15,16,17)/t11-,13-/m1/s1. The lowest BCUT2D eigenvalue weighted by atomic mass is 9.86. The summed E-state index contributed by atoms with van der Waals surface area (Å²) in [5.41, 5.74) is 1.05. The van der Waals surface area contributed by atoms with Crippen LogP contribution >= 0.6 is 12.2 Å². The van der Waals surface area contributed by atoms with Crippen LogP contribution in [0.4, 0.5) is 5.69 Å². The number of thiocarbonyl (C=S) groups is 1. The Balaban J connectivity index is 1.84. The highest BCUT2D eigenvalue weighted by molar-refractivity contribution is 7.80. The van der Waals surface area contributed by atoms with E-state index >= 15 is 0 Å². The summed E-state index contributed by atoms with van der Waals surface area (Å²) in [6.07, 6.45) is 5.22. The van der Waals surface area contributed by atoms with Crippen molar-refractivity contribution in [3.8, 4) is 0 Å². The van der Waals surface area contributed by atoms with Crippen LogP contribution in [-0.2, 0) is 0 Å². The highest BCUT2D eigenvalue weighted by atomic mass is 32.1. The molecule has 1 aliphatic rings. The first-order valence-corrected chi connectivity index (χ1v) is 6.79. The summed E-state index contributed by atoms with van der Waals surface area (Å²) in [6, 6.07) is 10.6. The number of benzene rings is 1. The smallest absolute Gasteiger partial charge is 0.171 e. The van der Waals surface area contributed by atoms with Crippen molar-refractivity contribution in [2.75, 3.05) is 5.32 Å². The van der Waals surface area contributed by atoms with E-state index in [1.54, 1.807) is 0 Å². The molecule has 0 aromatic heterocycles. The molecule has 2 atom stereocenters. The zero-order valence-corrected chi connectivity index (χ0v) is 11.1. The molecule has 1 fully saturated rings. The molecule has 2 N–H and O–H groups in total. The zero-order chi connectivity index (χ0) is 12.1. The monoisotopic (exact) mass is 248 g/mol. The summed E-state index contributed by atoms with van der Waals surface area (Å²) in [7, 11) is 0. The Labute approximate surface area is 109 Å². The van der Waals surface area contributed by atoms with Gasteiger partial charge in [-0.2, -0.15) is 0 Å². The first kappa shape index (κ1) is 12.4. The SMILES string of the molecule is C[C@@H]1CCCC[C@H]1NC(=S)Nc1ccccc1. The van der Waals surface area contributed by atoms with Gasteiger partial charge in [-0.15, -0.1) is 0 Å². The van der Waals surface area contributed by atoms with Gasteiger partial charge < -0.3 is 10.6 Å². The van der Waals surface area contributed by atoms with Crippen molar-refractivity contribution in [1.82, 2.24) is 5.32 Å². The maximum absolute atomic E-state index is 5.35. The minimum absolute atomic E-state index is 0.535. The maximum atomic E-state index is 5.35. The van der Waals surface area contributed by atoms with Crippen molar-refractivity contribution in [3.63, 3.8) is 0 Å². The number of nitrogens with one attached hydrogen (secondary N) is 2. The highest BCUT2D eigenvalue weighted by Crippen LogP contribution is 2.23. The van der Waals surface area contributed by atoms with Crippen molar-refractivity contribution in [2.24, 2.45) is 5.92 Å². The van der Waals surface area contributed by atoms with Crippen LogP contribution < -0.4 is 10.6 Å². The summed E-state index contributed by atoms with van der Waals surface area (Å²) >= 11 is 5.35. The summed E-state index contributed by atoms with van der Waals surface area (Å²) < 4.78 is 0. The van der Waals surface area contributed by atoms with Gasteiger partial charge in [0.25, 0.3) is 0 Å². The summed E-state index contributed by atoms with van der Waals surface area (Å²) in [6.45, 7) is 2.31. The fraction of sp³-hybridized carbons (Fsp3) is 0.500. The molecule has 1 aliphatic carbocycles. The summed E-state index contributed by atoms with van der Waals surface area (Å²) in [5, 5.41) is 7.41. The van der Waals surface area contributed by atoms with Gasteiger partial charge in [0.1, 0.15) is 0 Å². The molecule has 17 heavy (non-hydrogen) atoms. The quantitative estimate of drug-likeness (QED) is 0.783. The molecule has 1 saturated carbocycles. The van der Waals surface area contributed by atoms with Crippen LogP contribution in [0, 0.1) is 5.92 Å². The van der Waals surface area contributed by atoms with Crippen molar-refractivity contribution >= 4 is 23.0 Å². The van der Waals surface area contributed by atoms with Crippen molar-refractivity contribution in [3.05, 3.63) is 30.3 Å². The molecule has 1 aromatic rings. The van der Waals surface area contributed by atoms with E-state index in [0.717, 1.165) is 16.7 Å². The first-order valence-electron chi connectivity index (χ1n) is 6.38. The Kier molecular flexibility index (Phi) is 4.37. The van der Waals surface area contributed by atoms with E-state index < -0.39 is 0 Å². The first-order chi connectivity index (χ1) is 8.25. The maximum Gasteiger partial charge on any atom is 0.171 e. The number of anilines is 1. The molecule has 92 valence electrons. The van der Waals surface area contributed by atoms with Gasteiger partial charge in [0.05, 0.1) is 0 Å². The topological polar surface area (TPSA) is 24.1 Å². The molecular formula is C14H20N2S. The number of hydrogen-bond acceptors (Lipinski definition) is 1. The normalized spacial score (nSPS) is 24.1. The van der Waals surface area contributed by atoms with E-state index in [2.05, 4.69) is 17.6 Å².